The van der Waals surface area contributed by atoms with Crippen molar-refractivity contribution in [1.29, 1.82) is 0 Å². The molecule has 2 rings (SSSR count). The molecule has 0 unspecified atom stereocenters. The van der Waals surface area contributed by atoms with Gasteiger partial charge in [0.2, 0.25) is 0 Å². The Balaban J connectivity index is 2.19. The highest BCUT2D eigenvalue weighted by Gasteiger charge is 2.31. The van der Waals surface area contributed by atoms with Crippen LogP contribution in [0.25, 0.3) is 0 Å². The molecule has 0 bridgehead atoms. The maximum atomic E-state index is 12.1. The van der Waals surface area contributed by atoms with Gasteiger partial charge in [-0.3, -0.25) is 4.79 Å². The average molecular weight is 286 g/mol. The maximum Gasteiger partial charge on any atom is 0.573 e. The van der Waals surface area contributed by atoms with Crippen LogP contribution in [-0.4, -0.2) is 12.1 Å². The molecule has 0 radical (unpaired) electrons. The molecule has 1 aromatic carbocycles. The van der Waals surface area contributed by atoms with E-state index in [1.54, 1.807) is 11.4 Å². The van der Waals surface area contributed by atoms with E-state index in [1.165, 1.54) is 23.5 Å². The summed E-state index contributed by atoms with van der Waals surface area (Å²) in [5.74, 6) is -0.552. The summed E-state index contributed by atoms with van der Waals surface area (Å²) in [6, 6.07) is 6.59. The third-order valence-electron chi connectivity index (χ3n) is 2.45. The van der Waals surface area contributed by atoms with Crippen molar-refractivity contribution in [1.82, 2.24) is 0 Å². The van der Waals surface area contributed by atoms with Crippen molar-refractivity contribution < 1.29 is 22.7 Å². The largest absolute Gasteiger partial charge is 0.573 e. The van der Waals surface area contributed by atoms with Gasteiger partial charge in [0.05, 0.1) is 0 Å². The van der Waals surface area contributed by atoms with Crippen molar-refractivity contribution in [2.45, 2.75) is 13.3 Å². The van der Waals surface area contributed by atoms with Crippen molar-refractivity contribution in [3.05, 3.63) is 51.7 Å². The van der Waals surface area contributed by atoms with Crippen LogP contribution in [0.4, 0.5) is 13.2 Å². The zero-order valence-corrected chi connectivity index (χ0v) is 10.6. The first-order valence-electron chi connectivity index (χ1n) is 5.31. The summed E-state index contributed by atoms with van der Waals surface area (Å²) in [5.41, 5.74) is 0.894. The van der Waals surface area contributed by atoms with E-state index < -0.39 is 6.36 Å². The molecule has 0 saturated carbocycles. The van der Waals surface area contributed by atoms with Gasteiger partial charge in [-0.05, 0) is 42.6 Å². The Bertz CT molecular complexity index is 585. The molecular formula is C13H9F3O2S. The fourth-order valence-electron chi connectivity index (χ4n) is 1.58. The Kier molecular flexibility index (Phi) is 3.61. The number of hydrogen-bond donors (Lipinski definition) is 0. The van der Waals surface area contributed by atoms with Crippen LogP contribution < -0.4 is 4.74 Å². The van der Waals surface area contributed by atoms with Crippen molar-refractivity contribution >= 4 is 17.1 Å². The van der Waals surface area contributed by atoms with Crippen LogP contribution in [0.1, 0.15) is 20.8 Å². The highest BCUT2D eigenvalue weighted by Crippen LogP contribution is 2.24. The van der Waals surface area contributed by atoms with Gasteiger partial charge in [0.25, 0.3) is 0 Å². The number of hydrogen-bond acceptors (Lipinski definition) is 3. The van der Waals surface area contributed by atoms with Gasteiger partial charge in [-0.25, -0.2) is 0 Å². The van der Waals surface area contributed by atoms with Crippen LogP contribution in [0.3, 0.4) is 0 Å². The van der Waals surface area contributed by atoms with Gasteiger partial charge in [-0.1, -0.05) is 0 Å². The summed E-state index contributed by atoms with van der Waals surface area (Å²) in [7, 11) is 0. The van der Waals surface area contributed by atoms with Gasteiger partial charge in [0, 0.05) is 16.0 Å². The van der Waals surface area contributed by atoms with E-state index in [0.29, 0.717) is 11.1 Å². The first-order chi connectivity index (χ1) is 8.87. The number of halogens is 3. The Labute approximate surface area is 111 Å². The van der Waals surface area contributed by atoms with Gasteiger partial charge in [-0.2, -0.15) is 0 Å². The van der Waals surface area contributed by atoms with Gasteiger partial charge in [0.1, 0.15) is 5.75 Å². The van der Waals surface area contributed by atoms with E-state index >= 15 is 0 Å². The minimum Gasteiger partial charge on any atom is -0.406 e. The molecule has 19 heavy (non-hydrogen) atoms. The fourth-order valence-corrected chi connectivity index (χ4v) is 2.28. The van der Waals surface area contributed by atoms with E-state index in [2.05, 4.69) is 4.74 Å². The van der Waals surface area contributed by atoms with E-state index in [9.17, 15) is 18.0 Å². The van der Waals surface area contributed by atoms with Gasteiger partial charge in [-0.15, -0.1) is 24.5 Å². The van der Waals surface area contributed by atoms with Crippen LogP contribution in [0, 0.1) is 6.92 Å². The van der Waals surface area contributed by atoms with Crippen LogP contribution in [-0.2, 0) is 0 Å². The minimum atomic E-state index is -4.73. The lowest BCUT2D eigenvalue weighted by atomic mass is 10.0. The predicted molar refractivity (Wildman–Crippen MR) is 65.6 cm³/mol. The topological polar surface area (TPSA) is 26.3 Å². The number of aryl methyl sites for hydroxylation is 1. The van der Waals surface area contributed by atoms with Crippen LogP contribution in [0.5, 0.6) is 5.75 Å². The zero-order chi connectivity index (χ0) is 14.0. The molecule has 0 aliphatic carbocycles. The third kappa shape index (κ3) is 3.35. The lowest BCUT2D eigenvalue weighted by Crippen LogP contribution is -2.17. The van der Waals surface area contributed by atoms with Crippen molar-refractivity contribution in [3.63, 3.8) is 0 Å². The molecule has 0 atom stereocenters. The lowest BCUT2D eigenvalue weighted by molar-refractivity contribution is -0.274. The van der Waals surface area contributed by atoms with Crippen molar-refractivity contribution in [2.24, 2.45) is 0 Å². The second-order valence-electron chi connectivity index (χ2n) is 3.79. The first kappa shape index (κ1) is 13.6. The smallest absolute Gasteiger partial charge is 0.406 e. The van der Waals surface area contributed by atoms with E-state index in [0.717, 1.165) is 17.0 Å². The zero-order valence-electron chi connectivity index (χ0n) is 9.82. The first-order valence-corrected chi connectivity index (χ1v) is 6.19. The number of carbonyl (C=O) groups excluding carboxylic acids is 1. The number of alkyl halides is 3. The summed E-state index contributed by atoms with van der Waals surface area (Å²) < 4.78 is 39.7. The molecule has 2 aromatic rings. The summed E-state index contributed by atoms with van der Waals surface area (Å²) in [6.45, 7) is 1.82. The molecule has 2 nitrogen and oxygen atoms in total. The summed E-state index contributed by atoms with van der Waals surface area (Å²) in [4.78, 5) is 12.9. The monoisotopic (exact) mass is 286 g/mol. The number of ether oxygens (including phenoxy) is 1. The molecule has 0 amide bonds. The summed E-state index contributed by atoms with van der Waals surface area (Å²) in [5, 5.41) is 1.80. The molecule has 0 saturated heterocycles. The highest BCUT2D eigenvalue weighted by molar-refractivity contribution is 7.10. The third-order valence-corrected chi connectivity index (χ3v) is 3.30. The molecule has 0 aliphatic heterocycles. The average Bonchev–Trinajstić information content (AvgIpc) is 2.73. The second-order valence-corrected chi connectivity index (χ2v) is 4.91. The second kappa shape index (κ2) is 5.05. The Hall–Kier alpha value is -1.82. The molecule has 0 fully saturated rings. The predicted octanol–water partition coefficient (Wildman–Crippen LogP) is 4.19. The maximum absolute atomic E-state index is 12.1. The highest BCUT2D eigenvalue weighted by atomic mass is 32.1. The molecular weight excluding hydrogens is 277 g/mol. The van der Waals surface area contributed by atoms with Crippen LogP contribution in [0.15, 0.2) is 35.7 Å². The number of carbonyl (C=O) groups is 1. The molecule has 6 heteroatoms. The Morgan fingerprint density at radius 1 is 1.16 bits per heavy atom. The van der Waals surface area contributed by atoms with E-state index in [1.807, 2.05) is 6.92 Å². The number of benzene rings is 1. The fraction of sp³-hybridized carbons (Fsp3) is 0.154. The lowest BCUT2D eigenvalue weighted by Gasteiger charge is -2.08. The van der Waals surface area contributed by atoms with Crippen molar-refractivity contribution in [2.75, 3.05) is 0 Å². The Morgan fingerprint density at radius 2 is 1.79 bits per heavy atom. The molecule has 0 spiro atoms. The Morgan fingerprint density at radius 3 is 2.26 bits per heavy atom. The van der Waals surface area contributed by atoms with Crippen LogP contribution in [0.2, 0.25) is 0 Å². The molecule has 1 heterocycles. The minimum absolute atomic E-state index is 0.211. The van der Waals surface area contributed by atoms with Gasteiger partial charge in [0.15, 0.2) is 5.78 Å². The normalized spacial score (nSPS) is 11.4. The number of thiophene rings is 1. The molecule has 0 aliphatic rings. The molecule has 0 N–H and O–H groups in total. The van der Waals surface area contributed by atoms with Crippen molar-refractivity contribution in [3.8, 4) is 5.75 Å². The van der Waals surface area contributed by atoms with Crippen LogP contribution >= 0.6 is 11.3 Å². The number of rotatable bonds is 3. The molecule has 1 aromatic heterocycles. The van der Waals surface area contributed by atoms with E-state index in [4.69, 9.17) is 0 Å². The van der Waals surface area contributed by atoms with Gasteiger partial charge >= 0.3 is 6.36 Å². The quantitative estimate of drug-likeness (QED) is 0.791. The number of ketones is 1. The summed E-state index contributed by atoms with van der Waals surface area (Å²) in [6.07, 6.45) is -4.73. The standard InChI is InChI=1S/C13H9F3O2S/c1-8-11(6-7-19-8)12(17)9-2-4-10(5-3-9)18-13(14,15)16/h2-7H,1H3. The molecule has 100 valence electrons. The van der Waals surface area contributed by atoms with E-state index in [-0.39, 0.29) is 11.5 Å². The summed E-state index contributed by atoms with van der Waals surface area (Å²) >= 11 is 1.44. The SMILES string of the molecule is Cc1sccc1C(=O)c1ccc(OC(F)(F)F)cc1. The van der Waals surface area contributed by atoms with Gasteiger partial charge < -0.3 is 4.74 Å².